The van der Waals surface area contributed by atoms with Gasteiger partial charge >= 0.3 is 6.18 Å². The zero-order valence-corrected chi connectivity index (χ0v) is 32.7. The van der Waals surface area contributed by atoms with E-state index in [2.05, 4.69) is 42.6 Å². The second-order valence-corrected chi connectivity index (χ2v) is 14.2. The highest BCUT2D eigenvalue weighted by Crippen LogP contribution is 2.30. The molecule has 1 aromatic heterocycles. The van der Waals surface area contributed by atoms with Crippen LogP contribution in [0.3, 0.4) is 0 Å². The normalized spacial score (nSPS) is 18.8. The van der Waals surface area contributed by atoms with E-state index in [1.54, 1.807) is 18.3 Å². The van der Waals surface area contributed by atoms with Crippen LogP contribution in [0.15, 0.2) is 96.0 Å². The first-order chi connectivity index (χ1) is 29.3. The van der Waals surface area contributed by atoms with E-state index in [1.165, 1.54) is 31.4 Å². The number of methoxy groups -OCH3 is 1. The fraction of sp³-hybridized carbons (Fsp3) is 0.279. The summed E-state index contributed by atoms with van der Waals surface area (Å²) in [5.74, 6) is 3.40. The van der Waals surface area contributed by atoms with Gasteiger partial charge in [0.1, 0.15) is 35.5 Å². The number of nitrogens with one attached hydrogen (secondary N) is 4. The zero-order chi connectivity index (χ0) is 43.3. The van der Waals surface area contributed by atoms with Crippen molar-refractivity contribution >= 4 is 40.9 Å². The standard InChI is InChI=1S/C43H39F3N8O7/c1-60-35-24-31(47)27(23-33(35)50-39(56)32-8-3-9-36(49-32)43(44,45)46)25-48-16-17-52-18-20-53(21-19-52)28-10-12-29(13-11-28)61-22-4-6-26-5-2-7-30-38(26)42(59)54(41(30)58)34-14-15-37(55)51-40(34)57/h2-3,5,7-13,23-25,34,47-48H,14-22H2,1H3,(H,50,56)(H,51,55,57)/b27-25-,47-31?. The molecule has 314 valence electrons. The van der Waals surface area contributed by atoms with Gasteiger partial charge in [0.05, 0.1) is 29.6 Å². The number of anilines is 1. The van der Waals surface area contributed by atoms with Crippen LogP contribution in [0, 0.1) is 17.3 Å². The fourth-order valence-corrected chi connectivity index (χ4v) is 7.15. The number of nitrogens with zero attached hydrogens (tertiary/aromatic N) is 4. The van der Waals surface area contributed by atoms with Crippen molar-refractivity contribution in [1.82, 2.24) is 30.7 Å². The van der Waals surface area contributed by atoms with Crippen LogP contribution in [0.4, 0.5) is 18.9 Å². The Kier molecular flexibility index (Phi) is 12.3. The molecule has 0 saturated carbocycles. The number of piperidine rings is 1. The molecule has 4 heterocycles. The van der Waals surface area contributed by atoms with Crippen molar-refractivity contribution < 1.29 is 46.6 Å². The van der Waals surface area contributed by atoms with Gasteiger partial charge in [-0.15, -0.1) is 0 Å². The van der Waals surface area contributed by atoms with E-state index in [4.69, 9.17) is 14.9 Å². The number of imide groups is 2. The summed E-state index contributed by atoms with van der Waals surface area (Å²) in [4.78, 5) is 72.1. The Labute approximate surface area is 347 Å². The van der Waals surface area contributed by atoms with Crippen LogP contribution >= 0.6 is 0 Å². The van der Waals surface area contributed by atoms with Crippen molar-refractivity contribution in [2.75, 3.05) is 57.9 Å². The maximum Gasteiger partial charge on any atom is 0.433 e. The quantitative estimate of drug-likeness (QED) is 0.126. The van der Waals surface area contributed by atoms with Crippen molar-refractivity contribution in [2.24, 2.45) is 0 Å². The molecule has 0 radical (unpaired) electrons. The van der Waals surface area contributed by atoms with Gasteiger partial charge in [-0.05, 0) is 61.0 Å². The number of hydrogen-bond donors (Lipinski definition) is 4. The number of ether oxygens (including phenoxy) is 2. The van der Waals surface area contributed by atoms with Gasteiger partial charge in [0.25, 0.3) is 17.7 Å². The molecule has 2 aromatic carbocycles. The average Bonchev–Trinajstić information content (AvgIpc) is 3.50. The van der Waals surface area contributed by atoms with Crippen molar-refractivity contribution in [1.29, 1.82) is 5.41 Å². The Hall–Kier alpha value is -7.26. The molecule has 2 fully saturated rings. The minimum Gasteiger partial charge on any atom is -0.494 e. The third-order valence-corrected chi connectivity index (χ3v) is 10.3. The van der Waals surface area contributed by atoms with Gasteiger partial charge in [-0.2, -0.15) is 13.2 Å². The Bertz CT molecular complexity index is 2440. The molecule has 3 aliphatic heterocycles. The van der Waals surface area contributed by atoms with Gasteiger partial charge in [0.2, 0.25) is 11.8 Å². The number of rotatable bonds is 11. The number of fused-ring (bicyclic) bond motifs is 1. The first-order valence-corrected chi connectivity index (χ1v) is 19.2. The summed E-state index contributed by atoms with van der Waals surface area (Å²) < 4.78 is 50.5. The number of halogens is 3. The third kappa shape index (κ3) is 9.47. The Morgan fingerprint density at radius 3 is 2.48 bits per heavy atom. The Morgan fingerprint density at radius 2 is 1.75 bits per heavy atom. The van der Waals surface area contributed by atoms with E-state index in [9.17, 15) is 37.1 Å². The van der Waals surface area contributed by atoms with E-state index in [-0.39, 0.29) is 47.7 Å². The van der Waals surface area contributed by atoms with Crippen molar-refractivity contribution in [2.45, 2.75) is 25.1 Å². The first kappa shape index (κ1) is 41.9. The monoisotopic (exact) mass is 836 g/mol. The largest absolute Gasteiger partial charge is 0.494 e. The Balaban J connectivity index is 0.860. The van der Waals surface area contributed by atoms with E-state index >= 15 is 0 Å². The van der Waals surface area contributed by atoms with Gasteiger partial charge < -0.3 is 30.4 Å². The van der Waals surface area contributed by atoms with Gasteiger partial charge in [-0.25, -0.2) is 4.98 Å². The second-order valence-electron chi connectivity index (χ2n) is 14.2. The number of allylic oxidation sites excluding steroid dienone is 3. The van der Waals surface area contributed by atoms with E-state index < -0.39 is 53.1 Å². The number of carbonyl (C=O) groups is 5. The van der Waals surface area contributed by atoms with Gasteiger partial charge in [-0.3, -0.25) is 39.1 Å². The molecule has 4 aliphatic rings. The first-order valence-electron chi connectivity index (χ1n) is 19.2. The smallest absolute Gasteiger partial charge is 0.433 e. The molecule has 3 aromatic rings. The molecular weight excluding hydrogens is 798 g/mol. The number of piperazine rings is 1. The molecular formula is C43H39F3N8O7. The molecule has 1 aliphatic carbocycles. The second kappa shape index (κ2) is 17.9. The highest BCUT2D eigenvalue weighted by Gasteiger charge is 2.45. The molecule has 15 nitrogen and oxygen atoms in total. The highest BCUT2D eigenvalue weighted by atomic mass is 19.4. The summed E-state index contributed by atoms with van der Waals surface area (Å²) in [6.45, 7) is 4.51. The lowest BCUT2D eigenvalue weighted by Crippen LogP contribution is -2.54. The summed E-state index contributed by atoms with van der Waals surface area (Å²) >= 11 is 0. The lowest BCUT2D eigenvalue weighted by atomic mass is 10.0. The zero-order valence-electron chi connectivity index (χ0n) is 32.7. The topological polar surface area (TPSA) is 186 Å². The van der Waals surface area contributed by atoms with Gasteiger partial charge in [-0.1, -0.05) is 24.0 Å². The third-order valence-electron chi connectivity index (χ3n) is 10.3. The van der Waals surface area contributed by atoms with Crippen molar-refractivity contribution in [3.05, 3.63) is 124 Å². The number of amides is 5. The molecule has 0 bridgehead atoms. The summed E-state index contributed by atoms with van der Waals surface area (Å²) in [5.41, 5.74) is 0.774. The molecule has 1 unspecified atom stereocenters. The van der Waals surface area contributed by atoms with Crippen LogP contribution in [0.1, 0.15) is 55.3 Å². The van der Waals surface area contributed by atoms with Crippen LogP contribution in [0.25, 0.3) is 0 Å². The van der Waals surface area contributed by atoms with Crippen LogP contribution in [0.2, 0.25) is 0 Å². The summed E-state index contributed by atoms with van der Waals surface area (Å²) in [6, 6.07) is 14.4. The fourth-order valence-electron chi connectivity index (χ4n) is 7.15. The highest BCUT2D eigenvalue weighted by molar-refractivity contribution is 6.24. The SMILES string of the molecule is COC1=CC(=N)/C(=C\NCCN2CCN(c3ccc(OCC#Cc4cccc5c4C(=O)N(C4CCC(=O)NC4=O)C5=O)cc3)CC2)C=C1NC(=O)c1cccc(C(F)(F)F)n1. The molecule has 4 N–H and O–H groups in total. The lowest BCUT2D eigenvalue weighted by Gasteiger charge is -2.36. The lowest BCUT2D eigenvalue weighted by molar-refractivity contribution is -0.141. The predicted molar refractivity (Wildman–Crippen MR) is 214 cm³/mol. The Morgan fingerprint density at radius 1 is 1.00 bits per heavy atom. The average molecular weight is 837 g/mol. The molecule has 7 rings (SSSR count). The summed E-state index contributed by atoms with van der Waals surface area (Å²) in [5, 5.41) is 16.3. The predicted octanol–water partition coefficient (Wildman–Crippen LogP) is 3.41. The summed E-state index contributed by atoms with van der Waals surface area (Å²) in [6.07, 6.45) is -0.0567. The molecule has 2 saturated heterocycles. The van der Waals surface area contributed by atoms with E-state index in [1.807, 2.05) is 24.3 Å². The molecule has 5 amide bonds. The van der Waals surface area contributed by atoms with Crippen LogP contribution in [0.5, 0.6) is 5.75 Å². The summed E-state index contributed by atoms with van der Waals surface area (Å²) in [7, 11) is 1.36. The molecule has 0 spiro atoms. The number of pyridine rings is 1. The van der Waals surface area contributed by atoms with Gasteiger partial charge in [0, 0.05) is 74.8 Å². The number of alkyl halides is 3. The number of hydrogen-bond acceptors (Lipinski definition) is 12. The minimum atomic E-state index is -4.70. The molecule has 18 heteroatoms. The van der Waals surface area contributed by atoms with Crippen molar-refractivity contribution in [3.63, 3.8) is 0 Å². The van der Waals surface area contributed by atoms with Gasteiger partial charge in [0.15, 0.2) is 0 Å². The number of carbonyl (C=O) groups excluding carboxylic acids is 5. The minimum absolute atomic E-state index is 0.0203. The molecule has 1 atom stereocenters. The molecule has 61 heavy (non-hydrogen) atoms. The van der Waals surface area contributed by atoms with E-state index in [0.717, 1.165) is 55.4 Å². The van der Waals surface area contributed by atoms with E-state index in [0.29, 0.717) is 23.4 Å². The van der Waals surface area contributed by atoms with Crippen LogP contribution in [-0.2, 0) is 20.5 Å². The number of benzene rings is 2. The van der Waals surface area contributed by atoms with Crippen LogP contribution < -0.4 is 25.6 Å². The maximum atomic E-state index is 13.3. The maximum absolute atomic E-state index is 13.3. The van der Waals surface area contributed by atoms with Crippen molar-refractivity contribution in [3.8, 4) is 17.6 Å². The van der Waals surface area contributed by atoms with Crippen LogP contribution in [-0.4, -0.2) is 109 Å². The number of aromatic nitrogens is 1.